The Labute approximate surface area is 192 Å². The Morgan fingerprint density at radius 2 is 1.94 bits per heavy atom. The number of aromatic nitrogens is 1. The number of nitrogens with two attached hydrogens (primary N) is 1. The van der Waals surface area contributed by atoms with Crippen LogP contribution in [0, 0.1) is 11.6 Å². The van der Waals surface area contributed by atoms with E-state index in [-0.39, 0.29) is 42.4 Å². The summed E-state index contributed by atoms with van der Waals surface area (Å²) in [7, 11) is 0. The zero-order chi connectivity index (χ0) is 24.0. The summed E-state index contributed by atoms with van der Waals surface area (Å²) >= 11 is 0. The van der Waals surface area contributed by atoms with Crippen LogP contribution >= 0.6 is 0 Å². The van der Waals surface area contributed by atoms with E-state index in [2.05, 4.69) is 5.32 Å². The second-order valence-electron chi connectivity index (χ2n) is 8.65. The molecule has 0 radical (unpaired) electrons. The molecule has 2 aliphatic rings. The van der Waals surface area contributed by atoms with Crippen LogP contribution in [0.1, 0.15) is 36.0 Å². The maximum atomic E-state index is 15.4. The Morgan fingerprint density at radius 1 is 1.24 bits per heavy atom. The number of carbonyl (C=O) groups is 1. The van der Waals surface area contributed by atoms with E-state index in [0.717, 1.165) is 25.7 Å². The highest BCUT2D eigenvalue weighted by molar-refractivity contribution is 6.03. The number of fused-ring (bicyclic) bond motifs is 1. The van der Waals surface area contributed by atoms with Crippen molar-refractivity contribution < 1.29 is 28.2 Å². The van der Waals surface area contributed by atoms with Crippen molar-refractivity contribution >= 4 is 28.2 Å². The minimum atomic E-state index is -1.39. The van der Waals surface area contributed by atoms with Crippen molar-refractivity contribution in [2.75, 3.05) is 30.8 Å². The van der Waals surface area contributed by atoms with E-state index in [4.69, 9.17) is 15.2 Å². The second kappa shape index (κ2) is 8.19. The quantitative estimate of drug-likeness (QED) is 0.371. The van der Waals surface area contributed by atoms with Gasteiger partial charge in [0.05, 0.1) is 22.1 Å². The molecule has 1 aliphatic heterocycles. The van der Waals surface area contributed by atoms with E-state index < -0.39 is 34.0 Å². The number of nitrogens with one attached hydrogen (secondary N) is 1. The predicted molar refractivity (Wildman–Crippen MR) is 122 cm³/mol. The Morgan fingerprint density at radius 3 is 2.62 bits per heavy atom. The molecule has 1 fully saturated rings. The third kappa shape index (κ3) is 3.41. The summed E-state index contributed by atoms with van der Waals surface area (Å²) < 4.78 is 41.7. The molecule has 8 nitrogen and oxygen atoms in total. The average Bonchev–Trinajstić information content (AvgIpc) is 3.28. The van der Waals surface area contributed by atoms with Gasteiger partial charge in [-0.15, -0.1) is 0 Å². The molecule has 3 aromatic rings. The fourth-order valence-corrected chi connectivity index (χ4v) is 4.95. The molecule has 1 spiro atoms. The van der Waals surface area contributed by atoms with Crippen LogP contribution < -0.4 is 26.0 Å². The molecule has 34 heavy (non-hydrogen) atoms. The minimum absolute atomic E-state index is 0.0169. The van der Waals surface area contributed by atoms with Gasteiger partial charge in [-0.25, -0.2) is 13.6 Å². The van der Waals surface area contributed by atoms with Crippen molar-refractivity contribution in [1.82, 2.24) is 4.57 Å². The van der Waals surface area contributed by atoms with E-state index in [9.17, 15) is 19.1 Å². The van der Waals surface area contributed by atoms with Crippen LogP contribution in [0.5, 0.6) is 11.5 Å². The number of carboxylic acids is 1. The lowest BCUT2D eigenvalue weighted by molar-refractivity contribution is 0.0692. The molecule has 2 heterocycles. The lowest BCUT2D eigenvalue weighted by atomic mass is 9.93. The molecule has 1 aliphatic carbocycles. The van der Waals surface area contributed by atoms with Crippen LogP contribution in [0.2, 0.25) is 0 Å². The molecule has 4 N–H and O–H groups in total. The molecule has 5 rings (SSSR count). The van der Waals surface area contributed by atoms with Gasteiger partial charge in [-0.05, 0) is 37.1 Å². The molecule has 1 aromatic heterocycles. The van der Waals surface area contributed by atoms with Gasteiger partial charge in [-0.3, -0.25) is 4.79 Å². The number of hydrogen-bond donors (Lipinski definition) is 3. The van der Waals surface area contributed by atoms with Gasteiger partial charge in [0.1, 0.15) is 36.0 Å². The summed E-state index contributed by atoms with van der Waals surface area (Å²) in [5.74, 6) is -2.09. The van der Waals surface area contributed by atoms with Gasteiger partial charge in [-0.2, -0.15) is 0 Å². The average molecular weight is 471 g/mol. The molecule has 0 atom stereocenters. The van der Waals surface area contributed by atoms with Gasteiger partial charge in [0.15, 0.2) is 11.6 Å². The van der Waals surface area contributed by atoms with E-state index in [1.54, 1.807) is 4.57 Å². The number of benzene rings is 2. The van der Waals surface area contributed by atoms with Crippen molar-refractivity contribution in [1.29, 1.82) is 0 Å². The smallest absolute Gasteiger partial charge is 0.341 e. The SMILES string of the molecule is Nc1c(F)c(NCCOc2ccc(F)cc2)c2c3c1c(=O)c(C(=O)O)cn3C1(CCCC1)CO2. The summed E-state index contributed by atoms with van der Waals surface area (Å²) in [5.41, 5.74) is 4.09. The van der Waals surface area contributed by atoms with Gasteiger partial charge in [0, 0.05) is 12.7 Å². The summed E-state index contributed by atoms with van der Waals surface area (Å²) in [6.45, 7) is 0.524. The fourth-order valence-electron chi connectivity index (χ4n) is 4.95. The van der Waals surface area contributed by atoms with Crippen LogP contribution in [-0.2, 0) is 5.54 Å². The lowest BCUT2D eigenvalue weighted by Crippen LogP contribution is -2.42. The molecular formula is C24H23F2N3O5. The van der Waals surface area contributed by atoms with E-state index in [1.165, 1.54) is 30.5 Å². The van der Waals surface area contributed by atoms with Crippen molar-refractivity contribution in [3.8, 4) is 11.5 Å². The summed E-state index contributed by atoms with van der Waals surface area (Å²) in [6.07, 6.45) is 4.68. The minimum Gasteiger partial charge on any atom is -0.492 e. The van der Waals surface area contributed by atoms with E-state index >= 15 is 4.39 Å². The lowest BCUT2D eigenvalue weighted by Gasteiger charge is -2.39. The first-order chi connectivity index (χ1) is 16.3. The van der Waals surface area contributed by atoms with Crippen LogP contribution in [0.25, 0.3) is 10.9 Å². The number of anilines is 2. The highest BCUT2D eigenvalue weighted by Gasteiger charge is 2.43. The zero-order valence-corrected chi connectivity index (χ0v) is 18.2. The third-order valence-corrected chi connectivity index (χ3v) is 6.62. The number of hydrogen-bond acceptors (Lipinski definition) is 6. The van der Waals surface area contributed by atoms with Gasteiger partial charge < -0.3 is 30.2 Å². The van der Waals surface area contributed by atoms with Crippen molar-refractivity contribution in [2.45, 2.75) is 31.2 Å². The fraction of sp³-hybridized carbons (Fsp3) is 0.333. The van der Waals surface area contributed by atoms with Crippen LogP contribution in [0.3, 0.4) is 0 Å². The number of halogens is 2. The summed E-state index contributed by atoms with van der Waals surface area (Å²) in [6, 6.07) is 5.51. The molecule has 178 valence electrons. The first-order valence-corrected chi connectivity index (χ1v) is 11.0. The molecule has 1 saturated carbocycles. The van der Waals surface area contributed by atoms with Crippen molar-refractivity contribution in [3.05, 3.63) is 57.9 Å². The first-order valence-electron chi connectivity index (χ1n) is 11.0. The zero-order valence-electron chi connectivity index (χ0n) is 18.2. The van der Waals surface area contributed by atoms with Gasteiger partial charge >= 0.3 is 5.97 Å². The molecule has 2 aromatic carbocycles. The maximum Gasteiger partial charge on any atom is 0.341 e. The van der Waals surface area contributed by atoms with Gasteiger partial charge in [0.2, 0.25) is 5.43 Å². The number of carboxylic acid groups (broad SMARTS) is 1. The number of ether oxygens (including phenoxy) is 2. The number of rotatable bonds is 6. The van der Waals surface area contributed by atoms with E-state index in [1.807, 2.05) is 0 Å². The molecule has 0 bridgehead atoms. The largest absolute Gasteiger partial charge is 0.492 e. The maximum absolute atomic E-state index is 15.4. The van der Waals surface area contributed by atoms with Gasteiger partial charge in [-0.1, -0.05) is 12.8 Å². The summed E-state index contributed by atoms with van der Waals surface area (Å²) in [4.78, 5) is 24.8. The Hall–Kier alpha value is -3.82. The van der Waals surface area contributed by atoms with Crippen LogP contribution in [0.15, 0.2) is 35.3 Å². The topological polar surface area (TPSA) is 116 Å². The molecule has 0 saturated heterocycles. The first kappa shape index (κ1) is 22.0. The Balaban J connectivity index is 1.57. The number of aromatic carboxylic acids is 1. The molecular weight excluding hydrogens is 448 g/mol. The normalized spacial score (nSPS) is 15.9. The molecule has 10 heteroatoms. The number of nitrogens with zero attached hydrogens (tertiary/aromatic N) is 1. The molecule has 0 unspecified atom stereocenters. The Bertz CT molecular complexity index is 1350. The predicted octanol–water partition coefficient (Wildman–Crippen LogP) is 3.71. The number of pyridine rings is 1. The highest BCUT2D eigenvalue weighted by Crippen LogP contribution is 2.48. The highest BCUT2D eigenvalue weighted by atomic mass is 19.1. The standard InChI is InChI=1S/C24H23F2N3O5/c25-13-3-5-14(6-4-13)33-10-9-28-19-17(26)18(27)16-20-22(19)34-12-24(7-1-2-8-24)29(20)11-15(21(16)30)23(31)32/h3-6,11,28H,1-2,7-10,12,27H2,(H,31,32). The monoisotopic (exact) mass is 471 g/mol. The molecule has 0 amide bonds. The van der Waals surface area contributed by atoms with Gasteiger partial charge in [0.25, 0.3) is 0 Å². The van der Waals surface area contributed by atoms with Crippen LogP contribution in [0.4, 0.5) is 20.2 Å². The van der Waals surface area contributed by atoms with Crippen molar-refractivity contribution in [2.24, 2.45) is 0 Å². The third-order valence-electron chi connectivity index (χ3n) is 6.62. The summed E-state index contributed by atoms with van der Waals surface area (Å²) in [5, 5.41) is 12.3. The number of nitrogen functional groups attached to an aromatic ring is 1. The van der Waals surface area contributed by atoms with Crippen molar-refractivity contribution in [3.63, 3.8) is 0 Å². The second-order valence-corrected chi connectivity index (χ2v) is 8.65. The Kier molecular flexibility index (Phi) is 5.30. The van der Waals surface area contributed by atoms with E-state index in [0.29, 0.717) is 11.3 Å². The van der Waals surface area contributed by atoms with Crippen LogP contribution in [-0.4, -0.2) is 35.4 Å².